The van der Waals surface area contributed by atoms with Crippen LogP contribution in [0.2, 0.25) is 0 Å². The molecule has 0 saturated heterocycles. The highest BCUT2D eigenvalue weighted by atomic mass is 16.1. The van der Waals surface area contributed by atoms with E-state index in [4.69, 9.17) is 0 Å². The summed E-state index contributed by atoms with van der Waals surface area (Å²) in [5.74, 6) is 1.07. The maximum atomic E-state index is 12.5. The van der Waals surface area contributed by atoms with Gasteiger partial charge in [-0.15, -0.1) is 0 Å². The molecule has 1 heterocycles. The quantitative estimate of drug-likeness (QED) is 0.668. The molecule has 0 spiro atoms. The summed E-state index contributed by atoms with van der Waals surface area (Å²) >= 11 is 0. The zero-order valence-corrected chi connectivity index (χ0v) is 13.5. The monoisotopic (exact) mass is 295 g/mol. The molecule has 0 bridgehead atoms. The van der Waals surface area contributed by atoms with E-state index in [-0.39, 0.29) is 0 Å². The number of rotatable bonds is 1. The van der Waals surface area contributed by atoms with Crippen LogP contribution in [-0.2, 0) is 13.5 Å². The number of ketones is 1. The lowest BCUT2D eigenvalue weighted by atomic mass is 9.83. The molecule has 22 heavy (non-hydrogen) atoms. The Morgan fingerprint density at radius 2 is 1.77 bits per heavy atom. The maximum absolute atomic E-state index is 12.5. The van der Waals surface area contributed by atoms with E-state index in [1.165, 1.54) is 54.1 Å². The van der Waals surface area contributed by atoms with Crippen LogP contribution in [0.5, 0.6) is 0 Å². The zero-order valence-electron chi connectivity index (χ0n) is 13.5. The van der Waals surface area contributed by atoms with Crippen LogP contribution in [0, 0.1) is 0 Å². The van der Waals surface area contributed by atoms with Crippen molar-refractivity contribution in [3.63, 3.8) is 0 Å². The molecule has 1 aromatic heterocycles. The van der Waals surface area contributed by atoms with Gasteiger partial charge in [-0.25, -0.2) is 0 Å². The topological polar surface area (TPSA) is 22.0 Å². The molecule has 2 aromatic rings. The Kier molecular flexibility index (Phi) is 3.56. The molecule has 0 radical (unpaired) electrons. The SMILES string of the molecule is Cn1c2c(c3cc(C4CCCCC4)ccc31)CCCCC2=O. The van der Waals surface area contributed by atoms with E-state index in [2.05, 4.69) is 29.8 Å². The van der Waals surface area contributed by atoms with Gasteiger partial charge in [0.1, 0.15) is 0 Å². The van der Waals surface area contributed by atoms with Crippen molar-refractivity contribution in [2.24, 2.45) is 7.05 Å². The Balaban J connectivity index is 1.85. The van der Waals surface area contributed by atoms with Crippen molar-refractivity contribution in [1.82, 2.24) is 4.57 Å². The number of hydrogen-bond donors (Lipinski definition) is 0. The van der Waals surface area contributed by atoms with Crippen LogP contribution in [0.4, 0.5) is 0 Å². The van der Waals surface area contributed by atoms with E-state index in [1.807, 2.05) is 0 Å². The minimum atomic E-state index is 0.338. The maximum Gasteiger partial charge on any atom is 0.179 e. The first-order valence-electron chi connectivity index (χ1n) is 8.90. The summed E-state index contributed by atoms with van der Waals surface area (Å²) in [6, 6.07) is 6.96. The van der Waals surface area contributed by atoms with Crippen LogP contribution >= 0.6 is 0 Å². The van der Waals surface area contributed by atoms with Crippen LogP contribution in [0.3, 0.4) is 0 Å². The highest BCUT2D eigenvalue weighted by molar-refractivity contribution is 6.03. The first-order valence-corrected chi connectivity index (χ1v) is 8.90. The fourth-order valence-electron chi connectivity index (χ4n) is 4.54. The van der Waals surface area contributed by atoms with Gasteiger partial charge in [0.15, 0.2) is 5.78 Å². The van der Waals surface area contributed by atoms with E-state index < -0.39 is 0 Å². The van der Waals surface area contributed by atoms with Crippen molar-refractivity contribution in [3.8, 4) is 0 Å². The van der Waals surface area contributed by atoms with E-state index >= 15 is 0 Å². The predicted molar refractivity (Wildman–Crippen MR) is 90.6 cm³/mol. The molecule has 0 atom stereocenters. The molecule has 0 N–H and O–H groups in total. The van der Waals surface area contributed by atoms with E-state index in [0.717, 1.165) is 30.9 Å². The molecule has 2 heteroatoms. The minimum absolute atomic E-state index is 0.338. The largest absolute Gasteiger partial charge is 0.341 e. The third kappa shape index (κ3) is 2.20. The lowest BCUT2D eigenvalue weighted by Gasteiger charge is -2.22. The Morgan fingerprint density at radius 1 is 1.00 bits per heavy atom. The fourth-order valence-corrected chi connectivity index (χ4v) is 4.54. The van der Waals surface area contributed by atoms with Crippen LogP contribution < -0.4 is 0 Å². The molecule has 2 aliphatic carbocycles. The third-order valence-electron chi connectivity index (χ3n) is 5.75. The smallest absolute Gasteiger partial charge is 0.179 e. The number of aryl methyl sites for hydroxylation is 2. The Bertz CT molecular complexity index is 719. The predicted octanol–water partition coefficient (Wildman–Crippen LogP) is 5.14. The normalized spacial score (nSPS) is 20.1. The molecule has 0 unspecified atom stereocenters. The minimum Gasteiger partial charge on any atom is -0.341 e. The number of aromatic nitrogens is 1. The van der Waals surface area contributed by atoms with Gasteiger partial charge >= 0.3 is 0 Å². The summed E-state index contributed by atoms with van der Waals surface area (Å²) in [4.78, 5) is 12.5. The highest BCUT2D eigenvalue weighted by Crippen LogP contribution is 2.37. The van der Waals surface area contributed by atoms with E-state index in [1.54, 1.807) is 0 Å². The van der Waals surface area contributed by atoms with Gasteiger partial charge in [-0.05, 0) is 61.3 Å². The number of hydrogen-bond acceptors (Lipinski definition) is 1. The second kappa shape index (κ2) is 5.57. The van der Waals surface area contributed by atoms with Crippen molar-refractivity contribution in [2.45, 2.75) is 63.7 Å². The first-order chi connectivity index (χ1) is 10.8. The van der Waals surface area contributed by atoms with Crippen molar-refractivity contribution >= 4 is 16.7 Å². The second-order valence-electron chi connectivity index (χ2n) is 7.13. The van der Waals surface area contributed by atoms with E-state index in [9.17, 15) is 4.79 Å². The molecule has 1 aromatic carbocycles. The van der Waals surface area contributed by atoms with Crippen LogP contribution in [-0.4, -0.2) is 10.4 Å². The summed E-state index contributed by atoms with van der Waals surface area (Å²) in [7, 11) is 2.06. The Hall–Kier alpha value is -1.57. The third-order valence-corrected chi connectivity index (χ3v) is 5.75. The van der Waals surface area contributed by atoms with Gasteiger partial charge < -0.3 is 4.57 Å². The average Bonchev–Trinajstić information content (AvgIpc) is 2.70. The molecule has 1 saturated carbocycles. The molecule has 116 valence electrons. The van der Waals surface area contributed by atoms with Crippen molar-refractivity contribution in [2.75, 3.05) is 0 Å². The number of Topliss-reactive ketones (excluding diaryl/α,β-unsaturated/α-hetero) is 1. The first kappa shape index (κ1) is 14.0. The van der Waals surface area contributed by atoms with Crippen molar-refractivity contribution < 1.29 is 4.79 Å². The van der Waals surface area contributed by atoms with Crippen LogP contribution in [0.15, 0.2) is 18.2 Å². The van der Waals surface area contributed by atoms with Crippen LogP contribution in [0.25, 0.3) is 10.9 Å². The number of fused-ring (bicyclic) bond motifs is 3. The lowest BCUT2D eigenvalue weighted by Crippen LogP contribution is -2.05. The molecular weight excluding hydrogens is 270 g/mol. The van der Waals surface area contributed by atoms with Gasteiger partial charge in [0.25, 0.3) is 0 Å². The summed E-state index contributed by atoms with van der Waals surface area (Å²) in [5, 5.41) is 1.34. The molecule has 0 aliphatic heterocycles. The number of nitrogens with zero attached hydrogens (tertiary/aromatic N) is 1. The van der Waals surface area contributed by atoms with Crippen LogP contribution in [0.1, 0.15) is 78.9 Å². The standard InChI is InChI=1S/C20H25NO/c1-21-18-12-11-15(14-7-3-2-4-8-14)13-17(18)16-9-5-6-10-19(22)20(16)21/h11-14H,2-10H2,1H3. The van der Waals surface area contributed by atoms with Gasteiger partial charge in [0.05, 0.1) is 5.69 Å². The van der Waals surface area contributed by atoms with Gasteiger partial charge in [-0.2, -0.15) is 0 Å². The summed E-state index contributed by atoms with van der Waals surface area (Å²) in [6.07, 6.45) is 10.8. The highest BCUT2D eigenvalue weighted by Gasteiger charge is 2.24. The van der Waals surface area contributed by atoms with Gasteiger partial charge in [0.2, 0.25) is 0 Å². The summed E-state index contributed by atoms with van der Waals surface area (Å²) in [6.45, 7) is 0. The second-order valence-corrected chi connectivity index (χ2v) is 7.13. The van der Waals surface area contributed by atoms with Gasteiger partial charge in [-0.3, -0.25) is 4.79 Å². The van der Waals surface area contributed by atoms with Crippen molar-refractivity contribution in [1.29, 1.82) is 0 Å². The summed E-state index contributed by atoms with van der Waals surface area (Å²) in [5.41, 5.74) is 5.03. The number of carbonyl (C=O) groups is 1. The Morgan fingerprint density at radius 3 is 2.59 bits per heavy atom. The summed E-state index contributed by atoms with van der Waals surface area (Å²) < 4.78 is 2.14. The van der Waals surface area contributed by atoms with Gasteiger partial charge in [-0.1, -0.05) is 25.3 Å². The molecule has 2 aliphatic rings. The van der Waals surface area contributed by atoms with E-state index in [0.29, 0.717) is 12.2 Å². The molecular formula is C20H25NO. The Labute approximate surface area is 132 Å². The fraction of sp³-hybridized carbons (Fsp3) is 0.550. The van der Waals surface area contributed by atoms with Gasteiger partial charge in [0, 0.05) is 24.4 Å². The lowest BCUT2D eigenvalue weighted by molar-refractivity contribution is 0.0974. The molecule has 2 nitrogen and oxygen atoms in total. The average molecular weight is 295 g/mol. The zero-order chi connectivity index (χ0) is 15.1. The van der Waals surface area contributed by atoms with Crippen molar-refractivity contribution in [3.05, 3.63) is 35.0 Å². The molecule has 0 amide bonds. The molecule has 4 rings (SSSR count). The molecule has 1 fully saturated rings. The number of benzene rings is 1. The number of carbonyl (C=O) groups excluding carboxylic acids is 1.